The Labute approximate surface area is 398 Å². The monoisotopic (exact) mass is 879 g/mol. The van der Waals surface area contributed by atoms with Gasteiger partial charge in [0.1, 0.15) is 5.82 Å². The van der Waals surface area contributed by atoms with Gasteiger partial charge < -0.3 is 9.13 Å². The Kier molecular flexibility index (Phi) is 8.83. The number of benzene rings is 10. The summed E-state index contributed by atoms with van der Waals surface area (Å²) in [5, 5.41) is 5.96. The van der Waals surface area contributed by atoms with Crippen LogP contribution in [0.2, 0.25) is 0 Å². The number of aromatic nitrogens is 5. The number of nitrogens with zero attached hydrogens (tertiary/aromatic N) is 5. The highest BCUT2D eigenvalue weighted by atomic mass is 15.1. The fraction of sp³-hybridized carbons (Fsp3) is 0. The van der Waals surface area contributed by atoms with Crippen LogP contribution >= 0.6 is 0 Å². The number of pyridine rings is 1. The number of fused-ring (bicyclic) bond motifs is 8. The maximum atomic E-state index is 5.46. The maximum Gasteiger partial charge on any atom is 0.145 e. The topological polar surface area (TPSA) is 40.6 Å². The molecule has 5 heteroatoms. The maximum absolute atomic E-state index is 5.46. The van der Waals surface area contributed by atoms with Gasteiger partial charge in [0.15, 0.2) is 0 Å². The summed E-state index contributed by atoms with van der Waals surface area (Å²) >= 11 is 0. The van der Waals surface area contributed by atoms with Crippen LogP contribution in [-0.2, 0) is 0 Å². The number of rotatable bonds is 7. The van der Waals surface area contributed by atoms with E-state index >= 15 is 0 Å². The van der Waals surface area contributed by atoms with Gasteiger partial charge in [0.2, 0.25) is 0 Å². The molecule has 0 saturated heterocycles. The summed E-state index contributed by atoms with van der Waals surface area (Å²) in [6, 6.07) is 89.2. The molecule has 14 rings (SSSR count). The third-order valence-electron chi connectivity index (χ3n) is 13.8. The first-order valence-electron chi connectivity index (χ1n) is 23.5. The van der Waals surface area contributed by atoms with E-state index in [2.05, 4.69) is 256 Å². The lowest BCUT2D eigenvalue weighted by Crippen LogP contribution is -1.98. The van der Waals surface area contributed by atoms with E-state index in [1.54, 1.807) is 0 Å². The molecule has 14 aromatic rings. The molecule has 4 aromatic heterocycles. The summed E-state index contributed by atoms with van der Waals surface area (Å²) in [7, 11) is 0. The minimum atomic E-state index is 0.915. The van der Waals surface area contributed by atoms with Crippen LogP contribution in [0, 0.1) is 0 Å². The van der Waals surface area contributed by atoms with Crippen molar-refractivity contribution in [2.24, 2.45) is 0 Å². The minimum absolute atomic E-state index is 0.915. The van der Waals surface area contributed by atoms with E-state index in [1.807, 2.05) is 6.07 Å². The lowest BCUT2D eigenvalue weighted by Gasteiger charge is -2.14. The van der Waals surface area contributed by atoms with Crippen molar-refractivity contribution in [1.29, 1.82) is 0 Å². The third-order valence-corrected chi connectivity index (χ3v) is 13.8. The van der Waals surface area contributed by atoms with Crippen molar-refractivity contribution in [3.8, 4) is 62.0 Å². The average Bonchev–Trinajstić information content (AvgIpc) is 4.09. The molecule has 0 aliphatic rings. The molecular weight excluding hydrogens is 839 g/mol. The van der Waals surface area contributed by atoms with Crippen molar-refractivity contribution in [3.63, 3.8) is 0 Å². The normalized spacial score (nSPS) is 11.8. The standard InChI is InChI=1S/C64H41N5/c1-4-16-43(17-5-1)64-66-57-24-12-15-27-63(57)69(64)49-33-28-42(29-34-49)52-41-58(46-32-37-62-55(40-46)51-23-11-14-26-60(51)68(62)48-20-8-3-9-21-48)65-56-35-30-44(38-53(52)56)45-31-36-61-54(39-45)50-22-10-13-25-59(50)67(61)47-18-6-2-7-19-47/h1-41H. The summed E-state index contributed by atoms with van der Waals surface area (Å²) < 4.78 is 7.00. The van der Waals surface area contributed by atoms with E-state index in [1.165, 1.54) is 38.1 Å². The summed E-state index contributed by atoms with van der Waals surface area (Å²) in [5.74, 6) is 0.915. The summed E-state index contributed by atoms with van der Waals surface area (Å²) in [5.41, 5.74) is 18.6. The zero-order chi connectivity index (χ0) is 45.4. The Morgan fingerprint density at radius 3 is 1.35 bits per heavy atom. The first-order chi connectivity index (χ1) is 34.2. The second-order valence-corrected chi connectivity index (χ2v) is 17.8. The molecule has 0 radical (unpaired) electrons. The molecule has 0 bridgehead atoms. The Balaban J connectivity index is 0.951. The zero-order valence-electron chi connectivity index (χ0n) is 37.4. The highest BCUT2D eigenvalue weighted by Crippen LogP contribution is 2.41. The van der Waals surface area contributed by atoms with Gasteiger partial charge in [-0.15, -0.1) is 0 Å². The van der Waals surface area contributed by atoms with Gasteiger partial charge in [0.25, 0.3) is 0 Å². The predicted molar refractivity (Wildman–Crippen MR) is 287 cm³/mol. The first-order valence-corrected chi connectivity index (χ1v) is 23.5. The zero-order valence-corrected chi connectivity index (χ0v) is 37.4. The van der Waals surface area contributed by atoms with Gasteiger partial charge in [-0.2, -0.15) is 0 Å². The number of hydrogen-bond donors (Lipinski definition) is 0. The number of hydrogen-bond acceptors (Lipinski definition) is 2. The van der Waals surface area contributed by atoms with Crippen LogP contribution in [0.5, 0.6) is 0 Å². The van der Waals surface area contributed by atoms with E-state index in [-0.39, 0.29) is 0 Å². The van der Waals surface area contributed by atoms with Crippen LogP contribution in [0.1, 0.15) is 0 Å². The molecule has 0 aliphatic carbocycles. The highest BCUT2D eigenvalue weighted by molar-refractivity contribution is 6.12. The lowest BCUT2D eigenvalue weighted by atomic mass is 9.94. The van der Waals surface area contributed by atoms with Gasteiger partial charge >= 0.3 is 0 Å². The quantitative estimate of drug-likeness (QED) is 0.160. The van der Waals surface area contributed by atoms with Crippen molar-refractivity contribution in [1.82, 2.24) is 23.7 Å². The van der Waals surface area contributed by atoms with Crippen molar-refractivity contribution in [2.45, 2.75) is 0 Å². The van der Waals surface area contributed by atoms with Crippen molar-refractivity contribution in [3.05, 3.63) is 249 Å². The van der Waals surface area contributed by atoms with Crippen LogP contribution in [-0.4, -0.2) is 23.7 Å². The van der Waals surface area contributed by atoms with Crippen LogP contribution in [0.25, 0.3) is 128 Å². The van der Waals surface area contributed by atoms with E-state index in [9.17, 15) is 0 Å². The molecule has 4 heterocycles. The molecule has 0 saturated carbocycles. The van der Waals surface area contributed by atoms with Gasteiger partial charge in [0, 0.05) is 55.1 Å². The molecule has 0 fully saturated rings. The van der Waals surface area contributed by atoms with Crippen LogP contribution in [0.15, 0.2) is 249 Å². The molecule has 322 valence electrons. The molecule has 0 spiro atoms. The van der Waals surface area contributed by atoms with Crippen LogP contribution < -0.4 is 0 Å². The molecule has 0 aliphatic heterocycles. The Morgan fingerprint density at radius 1 is 0.246 bits per heavy atom. The Morgan fingerprint density at radius 2 is 0.710 bits per heavy atom. The second-order valence-electron chi connectivity index (χ2n) is 17.8. The van der Waals surface area contributed by atoms with Gasteiger partial charge in [-0.3, -0.25) is 4.57 Å². The second kappa shape index (κ2) is 15.7. The van der Waals surface area contributed by atoms with Gasteiger partial charge in [-0.05, 0) is 125 Å². The molecule has 69 heavy (non-hydrogen) atoms. The van der Waals surface area contributed by atoms with Crippen molar-refractivity contribution < 1.29 is 0 Å². The highest BCUT2D eigenvalue weighted by Gasteiger charge is 2.19. The average molecular weight is 880 g/mol. The molecule has 10 aromatic carbocycles. The van der Waals surface area contributed by atoms with Crippen LogP contribution in [0.4, 0.5) is 0 Å². The van der Waals surface area contributed by atoms with Crippen LogP contribution in [0.3, 0.4) is 0 Å². The first kappa shape index (κ1) is 38.9. The summed E-state index contributed by atoms with van der Waals surface area (Å²) in [6.45, 7) is 0. The Bertz CT molecular complexity index is 4280. The lowest BCUT2D eigenvalue weighted by molar-refractivity contribution is 1.10. The van der Waals surface area contributed by atoms with E-state index in [0.29, 0.717) is 0 Å². The van der Waals surface area contributed by atoms with Crippen molar-refractivity contribution >= 4 is 65.5 Å². The molecule has 0 amide bonds. The molecule has 0 atom stereocenters. The summed E-state index contributed by atoms with van der Waals surface area (Å²) in [4.78, 5) is 10.6. The minimum Gasteiger partial charge on any atom is -0.309 e. The molecular formula is C64H41N5. The number of para-hydroxylation sites is 6. The fourth-order valence-electron chi connectivity index (χ4n) is 10.6. The summed E-state index contributed by atoms with van der Waals surface area (Å²) in [6.07, 6.45) is 0. The van der Waals surface area contributed by atoms with Gasteiger partial charge in [0.05, 0.1) is 44.3 Å². The van der Waals surface area contributed by atoms with E-state index < -0.39 is 0 Å². The molecule has 5 nitrogen and oxygen atoms in total. The van der Waals surface area contributed by atoms with E-state index in [4.69, 9.17) is 9.97 Å². The molecule has 0 unspecified atom stereocenters. The fourth-order valence-corrected chi connectivity index (χ4v) is 10.6. The van der Waals surface area contributed by atoms with E-state index in [0.717, 1.165) is 89.4 Å². The number of imidazole rings is 1. The van der Waals surface area contributed by atoms with Crippen molar-refractivity contribution in [2.75, 3.05) is 0 Å². The molecule has 0 N–H and O–H groups in total. The van der Waals surface area contributed by atoms with Gasteiger partial charge in [-0.1, -0.05) is 146 Å². The SMILES string of the molecule is c1ccc(-c2nc3ccccc3n2-c2ccc(-c3cc(-c4ccc5c(c4)c4ccccc4n5-c4ccccc4)nc4ccc(-c5ccc6c(c5)c5ccccc5n6-c5ccccc5)cc34)cc2)cc1. The largest absolute Gasteiger partial charge is 0.309 e. The smallest absolute Gasteiger partial charge is 0.145 e. The predicted octanol–water partition coefficient (Wildman–Crippen LogP) is 16.4. The third kappa shape index (κ3) is 6.32. The van der Waals surface area contributed by atoms with Gasteiger partial charge in [-0.25, -0.2) is 9.97 Å². The Hall–Kier alpha value is -9.32.